The van der Waals surface area contributed by atoms with Crippen LogP contribution in [-0.2, 0) is 4.74 Å². The highest BCUT2D eigenvalue weighted by Crippen LogP contribution is 2.29. The first kappa shape index (κ1) is 16.5. The van der Waals surface area contributed by atoms with Crippen LogP contribution in [0.25, 0.3) is 0 Å². The molecule has 0 radical (unpaired) electrons. The molecule has 1 nitrogen and oxygen atoms in total. The van der Waals surface area contributed by atoms with E-state index in [4.69, 9.17) is 4.74 Å². The summed E-state index contributed by atoms with van der Waals surface area (Å²) < 4.78 is 5.63. The monoisotopic (exact) mass is 264 g/mol. The number of hydrogen-bond donors (Lipinski definition) is 0. The summed E-state index contributed by atoms with van der Waals surface area (Å²) in [6.45, 7) is 4.45. The summed E-state index contributed by atoms with van der Waals surface area (Å²) in [4.78, 5) is 0. The van der Waals surface area contributed by atoms with Crippen LogP contribution in [0.1, 0.15) is 78.1 Å². The number of allylic oxidation sites excluding steroid dienone is 2. The molecule has 1 heterocycles. The predicted octanol–water partition coefficient (Wildman–Crippen LogP) is 5.81. The molecule has 1 saturated heterocycles. The third-order valence-corrected chi connectivity index (χ3v) is 3.72. The second-order valence-corrected chi connectivity index (χ2v) is 5.59. The molecular formula is C18H32O. The fraction of sp³-hybridized carbons (Fsp3) is 0.778. The topological polar surface area (TPSA) is 12.5 Å². The molecule has 1 fully saturated rings. The van der Waals surface area contributed by atoms with Gasteiger partial charge in [-0.15, -0.1) is 0 Å². The van der Waals surface area contributed by atoms with Gasteiger partial charge >= 0.3 is 0 Å². The van der Waals surface area contributed by atoms with Gasteiger partial charge in [-0.1, -0.05) is 70.3 Å². The van der Waals surface area contributed by atoms with Crippen molar-refractivity contribution in [1.29, 1.82) is 0 Å². The highest BCUT2D eigenvalue weighted by atomic mass is 16.6. The maximum absolute atomic E-state index is 5.63. The molecule has 1 aliphatic rings. The van der Waals surface area contributed by atoms with E-state index in [2.05, 4.69) is 38.2 Å². The Bertz CT molecular complexity index is 254. The van der Waals surface area contributed by atoms with E-state index in [1.54, 1.807) is 0 Å². The molecule has 0 spiro atoms. The molecule has 2 atom stereocenters. The van der Waals surface area contributed by atoms with Crippen molar-refractivity contribution in [3.05, 3.63) is 24.3 Å². The lowest BCUT2D eigenvalue weighted by molar-refractivity contribution is 0.372. The second kappa shape index (κ2) is 11.3. The number of hydrogen-bond acceptors (Lipinski definition) is 1. The van der Waals surface area contributed by atoms with Crippen molar-refractivity contribution < 1.29 is 4.74 Å². The van der Waals surface area contributed by atoms with E-state index in [1.165, 1.54) is 44.9 Å². The second-order valence-electron chi connectivity index (χ2n) is 5.59. The van der Waals surface area contributed by atoms with Gasteiger partial charge in [-0.2, -0.15) is 0 Å². The molecule has 0 aromatic heterocycles. The largest absolute Gasteiger partial charge is 0.369 e. The van der Waals surface area contributed by atoms with E-state index in [0.29, 0.717) is 12.2 Å². The minimum atomic E-state index is 0.501. The molecule has 0 aromatic rings. The molecule has 0 bridgehead atoms. The fourth-order valence-corrected chi connectivity index (χ4v) is 2.38. The standard InChI is InChI=1S/C18H32O/c1-3-5-7-8-9-10-11-12-14-16-18-17(19-18)15-13-6-4-2/h6,12-14,17-18H,3-5,7-11,15-16H2,1-2H3/b13-6-,14-12-/t17-,18-/m1/s1. The first-order valence-electron chi connectivity index (χ1n) is 8.34. The summed E-state index contributed by atoms with van der Waals surface area (Å²) in [7, 11) is 0. The summed E-state index contributed by atoms with van der Waals surface area (Å²) in [5.41, 5.74) is 0. The molecule has 0 unspecified atom stereocenters. The van der Waals surface area contributed by atoms with Gasteiger partial charge in [-0.3, -0.25) is 0 Å². The summed E-state index contributed by atoms with van der Waals surface area (Å²) in [6, 6.07) is 0. The quantitative estimate of drug-likeness (QED) is 0.246. The number of ether oxygens (including phenoxy) is 1. The first-order chi connectivity index (χ1) is 9.38. The van der Waals surface area contributed by atoms with Crippen molar-refractivity contribution in [2.24, 2.45) is 0 Å². The zero-order chi connectivity index (χ0) is 13.8. The van der Waals surface area contributed by atoms with Gasteiger partial charge in [-0.05, 0) is 32.1 Å². The molecule has 110 valence electrons. The molecule has 0 amide bonds. The number of epoxide rings is 1. The number of rotatable bonds is 12. The van der Waals surface area contributed by atoms with E-state index in [0.717, 1.165) is 19.3 Å². The lowest BCUT2D eigenvalue weighted by Gasteiger charge is -1.97. The van der Waals surface area contributed by atoms with E-state index in [-0.39, 0.29) is 0 Å². The van der Waals surface area contributed by atoms with Gasteiger partial charge in [0.2, 0.25) is 0 Å². The van der Waals surface area contributed by atoms with Crippen LogP contribution in [0.5, 0.6) is 0 Å². The first-order valence-corrected chi connectivity index (χ1v) is 8.34. The van der Waals surface area contributed by atoms with Crippen LogP contribution in [-0.4, -0.2) is 12.2 Å². The van der Waals surface area contributed by atoms with Crippen LogP contribution in [0.2, 0.25) is 0 Å². The van der Waals surface area contributed by atoms with Crippen molar-refractivity contribution in [3.63, 3.8) is 0 Å². The minimum Gasteiger partial charge on any atom is -0.369 e. The third kappa shape index (κ3) is 9.04. The molecule has 0 N–H and O–H groups in total. The van der Waals surface area contributed by atoms with Gasteiger partial charge in [0.05, 0.1) is 12.2 Å². The van der Waals surface area contributed by atoms with Crippen LogP contribution in [0.3, 0.4) is 0 Å². The van der Waals surface area contributed by atoms with Gasteiger partial charge in [0, 0.05) is 0 Å². The van der Waals surface area contributed by atoms with Crippen LogP contribution in [0.15, 0.2) is 24.3 Å². The number of unbranched alkanes of at least 4 members (excludes halogenated alkanes) is 6. The van der Waals surface area contributed by atoms with E-state index >= 15 is 0 Å². The molecule has 1 aliphatic heterocycles. The maximum atomic E-state index is 5.63. The van der Waals surface area contributed by atoms with Gasteiger partial charge in [0.1, 0.15) is 0 Å². The summed E-state index contributed by atoms with van der Waals surface area (Å²) in [6.07, 6.45) is 23.1. The van der Waals surface area contributed by atoms with Crippen molar-refractivity contribution in [3.8, 4) is 0 Å². The van der Waals surface area contributed by atoms with Crippen molar-refractivity contribution in [2.45, 2.75) is 90.3 Å². The fourth-order valence-electron chi connectivity index (χ4n) is 2.38. The Labute approximate surface area is 120 Å². The molecule has 0 aliphatic carbocycles. The van der Waals surface area contributed by atoms with Crippen LogP contribution in [0.4, 0.5) is 0 Å². The van der Waals surface area contributed by atoms with Gasteiger partial charge in [-0.25, -0.2) is 0 Å². The highest BCUT2D eigenvalue weighted by molar-refractivity contribution is 4.97. The molecule has 19 heavy (non-hydrogen) atoms. The predicted molar refractivity (Wildman–Crippen MR) is 84.5 cm³/mol. The summed E-state index contributed by atoms with van der Waals surface area (Å²) in [5, 5.41) is 0. The van der Waals surface area contributed by atoms with Crippen molar-refractivity contribution in [1.82, 2.24) is 0 Å². The average Bonchev–Trinajstić information content (AvgIpc) is 3.16. The van der Waals surface area contributed by atoms with Crippen LogP contribution in [0, 0.1) is 0 Å². The SMILES string of the molecule is CC/C=C\C[C@H]1O[C@@H]1C/C=C\CCCCCCCC. The Balaban J connectivity index is 1.85. The molecule has 1 heteroatoms. The Morgan fingerprint density at radius 3 is 2.05 bits per heavy atom. The molecular weight excluding hydrogens is 232 g/mol. The Kier molecular flexibility index (Phi) is 9.79. The summed E-state index contributed by atoms with van der Waals surface area (Å²) >= 11 is 0. The van der Waals surface area contributed by atoms with Gasteiger partial charge < -0.3 is 4.74 Å². The highest BCUT2D eigenvalue weighted by Gasteiger charge is 2.35. The maximum Gasteiger partial charge on any atom is 0.0879 e. The van der Waals surface area contributed by atoms with E-state index < -0.39 is 0 Å². The van der Waals surface area contributed by atoms with Gasteiger partial charge in [0.15, 0.2) is 0 Å². The van der Waals surface area contributed by atoms with Crippen LogP contribution >= 0.6 is 0 Å². The van der Waals surface area contributed by atoms with Crippen molar-refractivity contribution in [2.75, 3.05) is 0 Å². The lowest BCUT2D eigenvalue weighted by atomic mass is 10.1. The van der Waals surface area contributed by atoms with E-state index in [9.17, 15) is 0 Å². The zero-order valence-corrected chi connectivity index (χ0v) is 12.9. The smallest absolute Gasteiger partial charge is 0.0879 e. The van der Waals surface area contributed by atoms with Crippen LogP contribution < -0.4 is 0 Å². The van der Waals surface area contributed by atoms with E-state index in [1.807, 2.05) is 0 Å². The Hall–Kier alpha value is -0.560. The third-order valence-electron chi connectivity index (χ3n) is 3.72. The molecule has 0 aromatic carbocycles. The average molecular weight is 264 g/mol. The van der Waals surface area contributed by atoms with Crippen molar-refractivity contribution >= 4 is 0 Å². The Morgan fingerprint density at radius 2 is 1.37 bits per heavy atom. The van der Waals surface area contributed by atoms with Gasteiger partial charge in [0.25, 0.3) is 0 Å². The lowest BCUT2D eigenvalue weighted by Crippen LogP contribution is -1.90. The molecule has 1 rings (SSSR count). The summed E-state index contributed by atoms with van der Waals surface area (Å²) in [5.74, 6) is 0. The molecule has 0 saturated carbocycles. The normalized spacial score (nSPS) is 22.6. The zero-order valence-electron chi connectivity index (χ0n) is 12.9. The Morgan fingerprint density at radius 1 is 0.737 bits per heavy atom. The minimum absolute atomic E-state index is 0.501.